The van der Waals surface area contributed by atoms with Crippen molar-refractivity contribution < 1.29 is 24.5 Å². The number of allylic oxidation sites excluding steroid dienone is 2. The van der Waals surface area contributed by atoms with Gasteiger partial charge < -0.3 is 20.3 Å². The fourth-order valence-corrected chi connectivity index (χ4v) is 12.8. The summed E-state index contributed by atoms with van der Waals surface area (Å²) in [5, 5.41) is 23.4. The van der Waals surface area contributed by atoms with E-state index in [2.05, 4.69) is 31.3 Å². The number of hydrogen-bond acceptors (Lipinski definition) is 5. The van der Waals surface area contributed by atoms with Gasteiger partial charge in [0.25, 0.3) is 0 Å². The molecule has 0 rings (SSSR count). The number of nitrogens with one attached hydrogen (secondary N) is 1. The molecule has 0 aliphatic rings. The summed E-state index contributed by atoms with van der Waals surface area (Å²) >= 11 is 0. The number of rotatable bonds is 75. The second-order valence-electron chi connectivity index (χ2n) is 27.4. The van der Waals surface area contributed by atoms with E-state index in [9.17, 15) is 19.8 Å². The molecule has 6 nitrogen and oxygen atoms in total. The van der Waals surface area contributed by atoms with Gasteiger partial charge in [0.1, 0.15) is 0 Å². The molecule has 3 N–H and O–H groups in total. The Balaban J connectivity index is 3.33. The summed E-state index contributed by atoms with van der Waals surface area (Å²) in [4.78, 5) is 24.6. The van der Waals surface area contributed by atoms with E-state index < -0.39 is 12.1 Å². The molecular weight excluding hydrogens is 1040 g/mol. The molecule has 2 atom stereocenters. The second-order valence-corrected chi connectivity index (χ2v) is 27.4. The highest BCUT2D eigenvalue weighted by Gasteiger charge is 2.20. The molecule has 0 aromatic rings. The molecule has 0 bridgehead atoms. The Bertz CT molecular complexity index is 1290. The summed E-state index contributed by atoms with van der Waals surface area (Å²) in [6, 6.07) is -0.538. The van der Waals surface area contributed by atoms with Gasteiger partial charge in [-0.25, -0.2) is 0 Å². The molecule has 2 unspecified atom stereocenters. The second kappa shape index (κ2) is 75.1. The first-order valence-corrected chi connectivity index (χ1v) is 39.4. The van der Waals surface area contributed by atoms with E-state index in [1.54, 1.807) is 0 Å². The molecule has 0 spiro atoms. The predicted octanol–water partition coefficient (Wildman–Crippen LogP) is 25.9. The molecule has 0 radical (unpaired) electrons. The average Bonchev–Trinajstić information content (AvgIpc) is 3.53. The van der Waals surface area contributed by atoms with E-state index >= 15 is 0 Å². The largest absolute Gasteiger partial charge is 0.466 e. The zero-order valence-electron chi connectivity index (χ0n) is 58.1. The third-order valence-corrected chi connectivity index (χ3v) is 18.8. The number of aliphatic hydroxyl groups is 2. The van der Waals surface area contributed by atoms with Gasteiger partial charge in [-0.1, -0.05) is 405 Å². The highest BCUT2D eigenvalue weighted by atomic mass is 16.5. The van der Waals surface area contributed by atoms with Crippen LogP contribution in [-0.2, 0) is 14.3 Å². The lowest BCUT2D eigenvalue weighted by Gasteiger charge is -2.22. The lowest BCUT2D eigenvalue weighted by molar-refractivity contribution is -0.143. The van der Waals surface area contributed by atoms with Crippen molar-refractivity contribution in [1.82, 2.24) is 5.32 Å². The molecule has 0 aromatic heterocycles. The molecular formula is C79H155NO5. The lowest BCUT2D eigenvalue weighted by Crippen LogP contribution is -2.45. The van der Waals surface area contributed by atoms with Gasteiger partial charge in [0.15, 0.2) is 0 Å². The van der Waals surface area contributed by atoms with E-state index in [0.717, 1.165) is 38.5 Å². The number of carbonyl (C=O) groups excluding carboxylic acids is 2. The Kier molecular flexibility index (Phi) is 73.8. The summed E-state index contributed by atoms with van der Waals surface area (Å²) in [6.45, 7) is 5.01. The van der Waals surface area contributed by atoms with Gasteiger partial charge >= 0.3 is 5.97 Å². The maximum Gasteiger partial charge on any atom is 0.305 e. The number of carbonyl (C=O) groups is 2. The SMILES string of the molecule is CCCCCCCCCCCCCCCCCCCCCC(O)C(CO)NC(=O)CCCCCCCCCCCCCCCCCCC/C=C\CCCCCCCCCCCCCCCCCCOC(=O)CCCCCCCCCCCCCC. The van der Waals surface area contributed by atoms with Crippen molar-refractivity contribution in [3.63, 3.8) is 0 Å². The summed E-state index contributed by atoms with van der Waals surface area (Å²) in [5.41, 5.74) is 0. The molecule has 0 aliphatic carbocycles. The quantitative estimate of drug-likeness (QED) is 0.0320. The first-order valence-electron chi connectivity index (χ1n) is 39.4. The molecule has 1 amide bonds. The van der Waals surface area contributed by atoms with Crippen LogP contribution in [0.4, 0.5) is 0 Å². The van der Waals surface area contributed by atoms with E-state index in [1.165, 1.54) is 385 Å². The van der Waals surface area contributed by atoms with Crippen molar-refractivity contribution in [2.45, 2.75) is 469 Å². The van der Waals surface area contributed by atoms with Crippen LogP contribution in [0.15, 0.2) is 12.2 Å². The number of esters is 1. The summed E-state index contributed by atoms with van der Waals surface area (Å²) < 4.78 is 5.49. The lowest BCUT2D eigenvalue weighted by atomic mass is 10.0. The standard InChI is InChI=1S/C79H155NO5/c1-3-5-7-9-11-13-15-17-18-19-39-42-45-48-51-55-59-63-67-71-77(82)76(75-81)80-78(83)72-68-64-60-56-52-49-46-43-40-37-35-33-31-29-27-25-23-21-20-22-24-26-28-30-32-34-36-38-41-44-47-50-54-58-62-66-70-74-85-79(84)73-69-65-61-57-53-16-14-12-10-8-6-4-2/h20,22,76-77,81-82H,3-19,21,23-75H2,1-2H3,(H,80,83)/b22-20-. The summed E-state index contributed by atoms with van der Waals surface area (Å²) in [6.07, 6.45) is 94.5. The minimum absolute atomic E-state index is 0.0232. The fourth-order valence-electron chi connectivity index (χ4n) is 12.8. The Morgan fingerprint density at radius 2 is 0.553 bits per heavy atom. The van der Waals surface area contributed by atoms with E-state index in [1.807, 2.05) is 0 Å². The van der Waals surface area contributed by atoms with Gasteiger partial charge in [0, 0.05) is 12.8 Å². The van der Waals surface area contributed by atoms with Crippen LogP contribution in [-0.4, -0.2) is 47.4 Å². The zero-order valence-corrected chi connectivity index (χ0v) is 58.1. The molecule has 6 heteroatoms. The summed E-state index contributed by atoms with van der Waals surface area (Å²) in [7, 11) is 0. The van der Waals surface area contributed by atoms with Gasteiger partial charge in [0.2, 0.25) is 5.91 Å². The first kappa shape index (κ1) is 83.6. The van der Waals surface area contributed by atoms with Gasteiger partial charge in [-0.2, -0.15) is 0 Å². The molecule has 0 saturated carbocycles. The van der Waals surface area contributed by atoms with Crippen molar-refractivity contribution in [1.29, 1.82) is 0 Å². The topological polar surface area (TPSA) is 95.9 Å². The van der Waals surface area contributed by atoms with E-state index in [0.29, 0.717) is 25.9 Å². The average molecular weight is 1200 g/mol. The minimum atomic E-state index is -0.661. The molecule has 0 saturated heterocycles. The number of unbranched alkanes of at least 4 members (excludes halogenated alkanes) is 62. The van der Waals surface area contributed by atoms with E-state index in [4.69, 9.17) is 4.74 Å². The molecule has 85 heavy (non-hydrogen) atoms. The molecule has 0 aromatic carbocycles. The first-order chi connectivity index (χ1) is 42.0. The van der Waals surface area contributed by atoms with Crippen LogP contribution in [0.25, 0.3) is 0 Å². The number of hydrogen-bond donors (Lipinski definition) is 3. The highest BCUT2D eigenvalue weighted by Crippen LogP contribution is 2.20. The maximum atomic E-state index is 12.6. The fraction of sp³-hybridized carbons (Fsp3) is 0.949. The van der Waals surface area contributed by atoms with Gasteiger partial charge in [-0.3, -0.25) is 9.59 Å². The maximum absolute atomic E-state index is 12.6. The molecule has 0 heterocycles. The van der Waals surface area contributed by atoms with Crippen LogP contribution < -0.4 is 5.32 Å². The number of aliphatic hydroxyl groups excluding tert-OH is 2. The number of ether oxygens (including phenoxy) is 1. The normalized spacial score (nSPS) is 12.5. The Morgan fingerprint density at radius 3 is 0.835 bits per heavy atom. The Hall–Kier alpha value is -1.40. The molecule has 0 aliphatic heterocycles. The van der Waals surface area contributed by atoms with Crippen LogP contribution in [0.2, 0.25) is 0 Å². The third-order valence-electron chi connectivity index (χ3n) is 18.8. The minimum Gasteiger partial charge on any atom is -0.466 e. The number of amides is 1. The Morgan fingerprint density at radius 1 is 0.318 bits per heavy atom. The highest BCUT2D eigenvalue weighted by molar-refractivity contribution is 5.76. The third kappa shape index (κ3) is 71.6. The van der Waals surface area contributed by atoms with Gasteiger partial charge in [-0.05, 0) is 51.4 Å². The van der Waals surface area contributed by atoms with Crippen LogP contribution in [0.5, 0.6) is 0 Å². The van der Waals surface area contributed by atoms with Crippen molar-refractivity contribution in [3.05, 3.63) is 12.2 Å². The monoisotopic (exact) mass is 1200 g/mol. The van der Waals surface area contributed by atoms with Crippen LogP contribution in [0.3, 0.4) is 0 Å². The predicted molar refractivity (Wildman–Crippen MR) is 375 cm³/mol. The zero-order chi connectivity index (χ0) is 61.3. The smallest absolute Gasteiger partial charge is 0.305 e. The summed E-state index contributed by atoms with van der Waals surface area (Å²) in [5.74, 6) is -0.00260. The van der Waals surface area contributed by atoms with Crippen LogP contribution >= 0.6 is 0 Å². The van der Waals surface area contributed by atoms with Gasteiger partial charge in [0.05, 0.1) is 25.4 Å². The van der Waals surface area contributed by atoms with Crippen molar-refractivity contribution in [2.75, 3.05) is 13.2 Å². The Labute approximate surface area is 533 Å². The molecule has 0 fully saturated rings. The van der Waals surface area contributed by atoms with Crippen LogP contribution in [0, 0.1) is 0 Å². The van der Waals surface area contributed by atoms with Crippen molar-refractivity contribution in [2.24, 2.45) is 0 Å². The van der Waals surface area contributed by atoms with Gasteiger partial charge in [-0.15, -0.1) is 0 Å². The van der Waals surface area contributed by atoms with E-state index in [-0.39, 0.29) is 18.5 Å². The van der Waals surface area contributed by atoms with Crippen molar-refractivity contribution >= 4 is 11.9 Å². The molecule has 506 valence electrons. The van der Waals surface area contributed by atoms with Crippen molar-refractivity contribution in [3.8, 4) is 0 Å². The van der Waals surface area contributed by atoms with Crippen LogP contribution in [0.1, 0.15) is 457 Å².